The number of nitrogens with zero attached hydrogens (tertiary/aromatic N) is 2. The predicted molar refractivity (Wildman–Crippen MR) is 128 cm³/mol. The van der Waals surface area contributed by atoms with Gasteiger partial charge in [-0.15, -0.1) is 0 Å². The van der Waals surface area contributed by atoms with E-state index in [9.17, 15) is 0 Å². The van der Waals surface area contributed by atoms with Crippen molar-refractivity contribution >= 4 is 43.3 Å². The van der Waals surface area contributed by atoms with E-state index in [1.54, 1.807) is 11.3 Å². The lowest BCUT2D eigenvalue weighted by atomic mass is 9.64. The summed E-state index contributed by atoms with van der Waals surface area (Å²) in [7, 11) is 3.69. The summed E-state index contributed by atoms with van der Waals surface area (Å²) in [5.41, 5.74) is 12.0. The summed E-state index contributed by atoms with van der Waals surface area (Å²) >= 11 is 1.57. The zero-order valence-corrected chi connectivity index (χ0v) is 19.3. The molecule has 0 amide bonds. The largest absolute Gasteiger partial charge is 0.378 e. The van der Waals surface area contributed by atoms with E-state index in [2.05, 4.69) is 50.8 Å². The van der Waals surface area contributed by atoms with Crippen molar-refractivity contribution in [3.05, 3.63) is 47.7 Å². The number of fused-ring (bicyclic) bond motifs is 8. The van der Waals surface area contributed by atoms with Crippen LogP contribution in [0.1, 0.15) is 29.9 Å². The molecule has 0 radical (unpaired) electrons. The molecular weight excluding hydrogens is 434 g/mol. The fraction of sp³-hybridized carbons (Fsp3) is 0.440. The van der Waals surface area contributed by atoms with Gasteiger partial charge in [0.05, 0.1) is 39.7 Å². The van der Waals surface area contributed by atoms with Crippen LogP contribution in [0.4, 0.5) is 10.8 Å². The van der Waals surface area contributed by atoms with Gasteiger partial charge in [0.1, 0.15) is 0 Å². The van der Waals surface area contributed by atoms with E-state index in [4.69, 9.17) is 15.2 Å². The predicted octanol–water partition coefficient (Wildman–Crippen LogP) is 4.23. The summed E-state index contributed by atoms with van der Waals surface area (Å²) in [4.78, 5) is 4.48. The number of nitrogens with one attached hydrogen (secondary N) is 2. The summed E-state index contributed by atoms with van der Waals surface area (Å²) in [5.74, 6) is 1.27. The molecule has 4 aromatic rings. The van der Waals surface area contributed by atoms with Gasteiger partial charge >= 0.3 is 0 Å². The molecule has 8 heteroatoms. The second kappa shape index (κ2) is 5.87. The monoisotopic (exact) mass is 459 g/mol. The maximum atomic E-state index is 6.11. The molecule has 2 bridgehead atoms. The van der Waals surface area contributed by atoms with Gasteiger partial charge in [-0.2, -0.15) is 5.10 Å². The summed E-state index contributed by atoms with van der Waals surface area (Å²) in [5, 5.41) is 13.5. The minimum absolute atomic E-state index is 0.0931. The van der Waals surface area contributed by atoms with Crippen molar-refractivity contribution in [1.82, 2.24) is 15.2 Å². The highest BCUT2D eigenvalue weighted by Gasteiger charge is 2.84. The number of nitrogen functional groups attached to an aromatic ring is 1. The lowest BCUT2D eigenvalue weighted by molar-refractivity contribution is -0.0925. The first-order valence-corrected chi connectivity index (χ1v) is 12.4. The van der Waals surface area contributed by atoms with E-state index in [0.717, 1.165) is 28.6 Å². The Balaban J connectivity index is 1.39. The molecule has 3 fully saturated rings. The van der Waals surface area contributed by atoms with Gasteiger partial charge in [0.2, 0.25) is 0 Å². The lowest BCUT2D eigenvalue weighted by Crippen LogP contribution is -2.50. The van der Waals surface area contributed by atoms with Crippen molar-refractivity contribution in [3.8, 4) is 0 Å². The zero-order valence-electron chi connectivity index (χ0n) is 18.5. The molecular formula is C25H25N5O2S. The molecule has 2 aromatic heterocycles. The van der Waals surface area contributed by atoms with Crippen LogP contribution in [-0.2, 0) is 15.0 Å². The first-order valence-electron chi connectivity index (χ1n) is 11.6. The van der Waals surface area contributed by atoms with E-state index in [-0.39, 0.29) is 23.2 Å². The molecule has 3 unspecified atom stereocenters. The van der Waals surface area contributed by atoms with Crippen molar-refractivity contribution in [2.24, 2.45) is 17.3 Å². The first-order chi connectivity index (χ1) is 16.1. The number of nitrogens with two attached hydrogens (primary N) is 1. The highest BCUT2D eigenvalue weighted by molar-refractivity contribution is 7.22. The molecule has 4 N–H and O–H groups in total. The van der Waals surface area contributed by atoms with E-state index in [1.165, 1.54) is 22.2 Å². The third-order valence-corrected chi connectivity index (χ3v) is 10.2. The summed E-state index contributed by atoms with van der Waals surface area (Å²) in [6.07, 6.45) is 4.45. The quantitative estimate of drug-likeness (QED) is 0.424. The van der Waals surface area contributed by atoms with Crippen LogP contribution in [0.25, 0.3) is 21.1 Å². The Morgan fingerprint density at radius 1 is 1.15 bits per heavy atom. The molecule has 7 atom stereocenters. The number of hydrogen-bond acceptors (Lipinski definition) is 7. The highest BCUT2D eigenvalue weighted by Crippen LogP contribution is 2.85. The minimum atomic E-state index is -0.121. The van der Waals surface area contributed by atoms with Crippen molar-refractivity contribution in [1.29, 1.82) is 0 Å². The van der Waals surface area contributed by atoms with Crippen LogP contribution in [-0.4, -0.2) is 41.6 Å². The number of aromatic amines is 1. The molecule has 1 aliphatic heterocycles. The average Bonchev–Trinajstić information content (AvgIpc) is 3.28. The van der Waals surface area contributed by atoms with Crippen LogP contribution in [0.5, 0.6) is 0 Å². The number of aromatic nitrogens is 3. The Morgan fingerprint density at radius 2 is 2.03 bits per heavy atom. The summed E-state index contributed by atoms with van der Waals surface area (Å²) in [6, 6.07) is 11.1. The van der Waals surface area contributed by atoms with Gasteiger partial charge in [0.25, 0.3) is 0 Å². The fourth-order valence-electron chi connectivity index (χ4n) is 8.30. The van der Waals surface area contributed by atoms with Crippen LogP contribution in [0, 0.1) is 17.3 Å². The van der Waals surface area contributed by atoms with E-state index in [0.29, 0.717) is 22.9 Å². The topological polar surface area (TPSA) is 98.1 Å². The van der Waals surface area contributed by atoms with Gasteiger partial charge in [-0.25, -0.2) is 4.98 Å². The molecule has 2 aromatic carbocycles. The van der Waals surface area contributed by atoms with Gasteiger partial charge in [0, 0.05) is 36.6 Å². The number of anilines is 2. The average molecular weight is 460 g/mol. The van der Waals surface area contributed by atoms with Gasteiger partial charge in [0.15, 0.2) is 5.13 Å². The number of hydrogen-bond donors (Lipinski definition) is 3. The van der Waals surface area contributed by atoms with Gasteiger partial charge in [-0.05, 0) is 60.1 Å². The summed E-state index contributed by atoms with van der Waals surface area (Å²) in [6.45, 7) is 0. The zero-order chi connectivity index (χ0) is 22.1. The molecule has 7 nitrogen and oxygen atoms in total. The Labute approximate surface area is 194 Å². The van der Waals surface area contributed by atoms with Crippen LogP contribution in [0.2, 0.25) is 0 Å². The molecule has 0 saturated heterocycles. The molecule has 4 aliphatic rings. The number of benzene rings is 2. The number of methoxy groups -OCH3 is 2. The lowest BCUT2D eigenvalue weighted by Gasteiger charge is -2.47. The van der Waals surface area contributed by atoms with Gasteiger partial charge in [-0.3, -0.25) is 5.10 Å². The normalized spacial score (nSPS) is 37.7. The highest BCUT2D eigenvalue weighted by atomic mass is 32.1. The van der Waals surface area contributed by atoms with Gasteiger partial charge < -0.3 is 20.5 Å². The number of rotatable bonds is 3. The van der Waals surface area contributed by atoms with E-state index >= 15 is 0 Å². The van der Waals surface area contributed by atoms with Crippen molar-refractivity contribution in [2.45, 2.75) is 36.5 Å². The van der Waals surface area contributed by atoms with Crippen LogP contribution in [0.15, 0.2) is 36.5 Å². The van der Waals surface area contributed by atoms with Crippen LogP contribution >= 0.6 is 11.3 Å². The van der Waals surface area contributed by atoms with Crippen molar-refractivity contribution in [2.75, 3.05) is 25.3 Å². The maximum Gasteiger partial charge on any atom is 0.181 e. The van der Waals surface area contributed by atoms with E-state index in [1.807, 2.05) is 20.4 Å². The molecule has 3 heterocycles. The minimum Gasteiger partial charge on any atom is -0.378 e. The van der Waals surface area contributed by atoms with Crippen molar-refractivity contribution < 1.29 is 9.47 Å². The molecule has 8 rings (SSSR count). The third kappa shape index (κ3) is 1.97. The Morgan fingerprint density at radius 3 is 2.88 bits per heavy atom. The molecule has 3 saturated carbocycles. The Bertz CT molecular complexity index is 1460. The van der Waals surface area contributed by atoms with Crippen LogP contribution < -0.4 is 11.1 Å². The van der Waals surface area contributed by atoms with Gasteiger partial charge in [-0.1, -0.05) is 17.4 Å². The second-order valence-corrected chi connectivity index (χ2v) is 11.3. The van der Waals surface area contributed by atoms with E-state index < -0.39 is 0 Å². The van der Waals surface area contributed by atoms with Crippen molar-refractivity contribution in [3.63, 3.8) is 0 Å². The SMILES string of the molecule is CO[C@@H]1C2CC([C@@H]1OC)C13C[C@@]1(c1ccc4nc(N)sc4c1)Nc1ccc4[nH]ncc4c1[C@@H]23. The third-order valence-electron chi connectivity index (χ3n) is 9.31. The molecule has 168 valence electrons. The maximum absolute atomic E-state index is 6.11. The number of ether oxygens (including phenoxy) is 2. The number of thiazole rings is 1. The number of H-pyrrole nitrogens is 1. The van der Waals surface area contributed by atoms with Crippen LogP contribution in [0.3, 0.4) is 0 Å². The first kappa shape index (κ1) is 18.7. The second-order valence-electron chi connectivity index (χ2n) is 10.2. The summed E-state index contributed by atoms with van der Waals surface area (Å²) < 4.78 is 13.3. The smallest absolute Gasteiger partial charge is 0.181 e. The molecule has 3 aliphatic carbocycles. The molecule has 33 heavy (non-hydrogen) atoms. The Kier molecular flexibility index (Phi) is 3.33. The fourth-order valence-corrected chi connectivity index (χ4v) is 9.07. The Hall–Kier alpha value is -2.68. The molecule has 1 spiro atoms. The standard InChI is InChI=1S/C25H25N5O2S/c1-31-21-12-8-14(22(21)32-2)24-10-25(24,11-3-4-16-18(7-11)33-23(26)28-16)29-17-6-5-15-13(9-27-30-15)19(17)20(12)24/h3-7,9,12,14,20-22,29H,8,10H2,1-2H3,(H2,26,28)(H,27,30)/t12?,14?,20-,21-,22+,24?,25+/m1/s1.